The van der Waals surface area contributed by atoms with Crippen LogP contribution in [0.5, 0.6) is 0 Å². The number of benzene rings is 1. The number of hydrogen-bond acceptors (Lipinski definition) is 4. The lowest BCUT2D eigenvalue weighted by atomic mass is 9.95. The summed E-state index contributed by atoms with van der Waals surface area (Å²) in [4.78, 5) is 28.9. The fourth-order valence-corrected chi connectivity index (χ4v) is 3.80. The summed E-state index contributed by atoms with van der Waals surface area (Å²) in [5, 5.41) is 3.09. The first-order valence-corrected chi connectivity index (χ1v) is 10.1. The van der Waals surface area contributed by atoms with Gasteiger partial charge in [-0.1, -0.05) is 6.92 Å². The van der Waals surface area contributed by atoms with Gasteiger partial charge in [-0.15, -0.1) is 0 Å². The summed E-state index contributed by atoms with van der Waals surface area (Å²) in [6, 6.07) is 6.20. The number of amides is 2. The van der Waals surface area contributed by atoms with Crippen molar-refractivity contribution in [3.8, 4) is 0 Å². The van der Waals surface area contributed by atoms with Crippen LogP contribution in [0, 0.1) is 12.8 Å². The van der Waals surface area contributed by atoms with Crippen molar-refractivity contribution in [3.05, 3.63) is 23.8 Å². The Bertz CT molecular complexity index is 663. The van der Waals surface area contributed by atoms with E-state index in [0.717, 1.165) is 56.8 Å². The molecule has 2 heterocycles. The molecule has 2 saturated heterocycles. The molecule has 6 nitrogen and oxygen atoms in total. The van der Waals surface area contributed by atoms with Gasteiger partial charge in [0.25, 0.3) is 0 Å². The molecule has 0 saturated carbocycles. The summed E-state index contributed by atoms with van der Waals surface area (Å²) in [6.07, 6.45) is 2.96. The number of piperidine rings is 1. The first kappa shape index (κ1) is 19.7. The van der Waals surface area contributed by atoms with Gasteiger partial charge in [0.05, 0.1) is 13.2 Å². The van der Waals surface area contributed by atoms with Gasteiger partial charge < -0.3 is 19.9 Å². The lowest BCUT2D eigenvalue weighted by Crippen LogP contribution is -2.41. The van der Waals surface area contributed by atoms with Crippen LogP contribution < -0.4 is 10.2 Å². The van der Waals surface area contributed by atoms with Crippen LogP contribution in [0.15, 0.2) is 18.2 Å². The first-order chi connectivity index (χ1) is 13.1. The van der Waals surface area contributed by atoms with E-state index in [2.05, 4.69) is 22.3 Å². The van der Waals surface area contributed by atoms with Crippen LogP contribution in [0.1, 0.15) is 38.2 Å². The maximum absolute atomic E-state index is 12.7. The second-order valence-corrected chi connectivity index (χ2v) is 7.49. The van der Waals surface area contributed by atoms with E-state index in [0.29, 0.717) is 19.5 Å². The van der Waals surface area contributed by atoms with Crippen LogP contribution in [0.2, 0.25) is 0 Å². The van der Waals surface area contributed by atoms with Crippen LogP contribution in [0.4, 0.5) is 11.4 Å². The quantitative estimate of drug-likeness (QED) is 0.862. The molecule has 2 amide bonds. The number of anilines is 2. The highest BCUT2D eigenvalue weighted by atomic mass is 16.5. The van der Waals surface area contributed by atoms with Crippen LogP contribution in [-0.4, -0.2) is 56.1 Å². The highest BCUT2D eigenvalue weighted by molar-refractivity contribution is 5.93. The van der Waals surface area contributed by atoms with Crippen molar-refractivity contribution in [1.29, 1.82) is 0 Å². The van der Waals surface area contributed by atoms with E-state index in [4.69, 9.17) is 4.74 Å². The van der Waals surface area contributed by atoms with Crippen LogP contribution >= 0.6 is 0 Å². The van der Waals surface area contributed by atoms with Gasteiger partial charge in [0, 0.05) is 49.9 Å². The van der Waals surface area contributed by atoms with E-state index in [1.165, 1.54) is 5.69 Å². The third kappa shape index (κ3) is 5.01. The van der Waals surface area contributed by atoms with Crippen LogP contribution in [0.3, 0.4) is 0 Å². The molecule has 3 rings (SSSR count). The molecule has 0 aromatic heterocycles. The van der Waals surface area contributed by atoms with Gasteiger partial charge in [0.2, 0.25) is 11.8 Å². The predicted molar refractivity (Wildman–Crippen MR) is 107 cm³/mol. The highest BCUT2D eigenvalue weighted by Crippen LogP contribution is 2.25. The minimum Gasteiger partial charge on any atom is -0.378 e. The number of morpholine rings is 1. The summed E-state index contributed by atoms with van der Waals surface area (Å²) in [5.74, 6) is 0.264. The summed E-state index contributed by atoms with van der Waals surface area (Å²) in [5.41, 5.74) is 3.13. The average molecular weight is 373 g/mol. The Morgan fingerprint density at radius 3 is 2.48 bits per heavy atom. The van der Waals surface area contributed by atoms with Crippen molar-refractivity contribution in [2.75, 3.05) is 49.6 Å². The normalized spacial score (nSPS) is 18.4. The standard InChI is InChI=1S/C21H31N3O3/c1-3-4-20(25)24-9-7-17(8-10-24)21(26)22-19-6-5-18(15-16(19)2)23-11-13-27-14-12-23/h5-6,15,17H,3-4,7-14H2,1-2H3,(H,22,26). The smallest absolute Gasteiger partial charge is 0.227 e. The molecule has 0 bridgehead atoms. The maximum Gasteiger partial charge on any atom is 0.227 e. The van der Waals surface area contributed by atoms with E-state index in [-0.39, 0.29) is 17.7 Å². The number of nitrogens with one attached hydrogen (secondary N) is 1. The maximum atomic E-state index is 12.7. The molecule has 0 spiro atoms. The Hall–Kier alpha value is -2.08. The molecule has 27 heavy (non-hydrogen) atoms. The Labute approximate surface area is 161 Å². The Morgan fingerprint density at radius 2 is 1.85 bits per heavy atom. The molecule has 1 aromatic carbocycles. The molecule has 1 N–H and O–H groups in total. The number of carbonyl (C=O) groups is 2. The molecule has 1 aromatic rings. The summed E-state index contributed by atoms with van der Waals surface area (Å²) < 4.78 is 5.41. The average Bonchev–Trinajstić information content (AvgIpc) is 2.70. The third-order valence-corrected chi connectivity index (χ3v) is 5.53. The largest absolute Gasteiger partial charge is 0.378 e. The minimum absolute atomic E-state index is 0.0194. The molecular weight excluding hydrogens is 342 g/mol. The first-order valence-electron chi connectivity index (χ1n) is 10.1. The monoisotopic (exact) mass is 373 g/mol. The molecule has 6 heteroatoms. The molecule has 0 aliphatic carbocycles. The number of carbonyl (C=O) groups excluding carboxylic acids is 2. The molecule has 0 unspecified atom stereocenters. The zero-order chi connectivity index (χ0) is 19.2. The van der Waals surface area contributed by atoms with Gasteiger partial charge in [0.1, 0.15) is 0 Å². The summed E-state index contributed by atoms with van der Waals surface area (Å²) in [6.45, 7) is 8.75. The minimum atomic E-state index is -0.0194. The number of aryl methyl sites for hydroxylation is 1. The van der Waals surface area contributed by atoms with Crippen molar-refractivity contribution >= 4 is 23.2 Å². The van der Waals surface area contributed by atoms with Crippen molar-refractivity contribution in [2.24, 2.45) is 5.92 Å². The van der Waals surface area contributed by atoms with E-state index >= 15 is 0 Å². The van der Waals surface area contributed by atoms with Gasteiger partial charge in [-0.3, -0.25) is 9.59 Å². The van der Waals surface area contributed by atoms with E-state index in [1.807, 2.05) is 24.8 Å². The topological polar surface area (TPSA) is 61.9 Å². The lowest BCUT2D eigenvalue weighted by Gasteiger charge is -2.31. The Kier molecular flexibility index (Phi) is 6.72. The van der Waals surface area contributed by atoms with Crippen LogP contribution in [0.25, 0.3) is 0 Å². The summed E-state index contributed by atoms with van der Waals surface area (Å²) >= 11 is 0. The number of ether oxygens (including phenoxy) is 1. The van der Waals surface area contributed by atoms with Gasteiger partial charge in [0.15, 0.2) is 0 Å². The predicted octanol–water partition coefficient (Wildman–Crippen LogP) is 2.81. The summed E-state index contributed by atoms with van der Waals surface area (Å²) in [7, 11) is 0. The number of rotatable bonds is 5. The second-order valence-electron chi connectivity index (χ2n) is 7.49. The van der Waals surface area contributed by atoms with Crippen molar-refractivity contribution in [1.82, 2.24) is 4.90 Å². The molecule has 2 aliphatic heterocycles. The van der Waals surface area contributed by atoms with Crippen molar-refractivity contribution < 1.29 is 14.3 Å². The van der Waals surface area contributed by atoms with Crippen molar-refractivity contribution in [2.45, 2.75) is 39.5 Å². The molecule has 2 fully saturated rings. The lowest BCUT2D eigenvalue weighted by molar-refractivity contribution is -0.134. The Balaban J connectivity index is 1.54. The zero-order valence-electron chi connectivity index (χ0n) is 16.5. The number of nitrogens with zero attached hydrogens (tertiary/aromatic N) is 2. The fourth-order valence-electron chi connectivity index (χ4n) is 3.80. The molecule has 148 valence electrons. The highest BCUT2D eigenvalue weighted by Gasteiger charge is 2.27. The fraction of sp³-hybridized carbons (Fsp3) is 0.619. The molecule has 2 aliphatic rings. The van der Waals surface area contributed by atoms with Gasteiger partial charge in [-0.2, -0.15) is 0 Å². The van der Waals surface area contributed by atoms with E-state index in [1.54, 1.807) is 0 Å². The second kappa shape index (κ2) is 9.22. The molecule has 0 radical (unpaired) electrons. The van der Waals surface area contributed by atoms with Crippen LogP contribution in [-0.2, 0) is 14.3 Å². The Morgan fingerprint density at radius 1 is 1.15 bits per heavy atom. The zero-order valence-corrected chi connectivity index (χ0v) is 16.5. The number of likely N-dealkylation sites (tertiary alicyclic amines) is 1. The SMILES string of the molecule is CCCC(=O)N1CCC(C(=O)Nc2ccc(N3CCOCC3)cc2C)CC1. The molecule has 0 atom stereocenters. The van der Waals surface area contributed by atoms with Gasteiger partial charge in [-0.25, -0.2) is 0 Å². The third-order valence-electron chi connectivity index (χ3n) is 5.53. The van der Waals surface area contributed by atoms with Gasteiger partial charge >= 0.3 is 0 Å². The van der Waals surface area contributed by atoms with E-state index < -0.39 is 0 Å². The number of hydrogen-bond donors (Lipinski definition) is 1. The van der Waals surface area contributed by atoms with Gasteiger partial charge in [-0.05, 0) is 49.9 Å². The van der Waals surface area contributed by atoms with E-state index in [9.17, 15) is 9.59 Å². The van der Waals surface area contributed by atoms with Crippen molar-refractivity contribution in [3.63, 3.8) is 0 Å². The molecular formula is C21H31N3O3.